The molecule has 26 heavy (non-hydrogen) atoms. The number of aromatic nitrogens is 1. The number of rotatable bonds is 7. The Kier molecular flexibility index (Phi) is 5.32. The highest BCUT2D eigenvalue weighted by molar-refractivity contribution is 7.91. The molecule has 5 nitrogen and oxygen atoms in total. The van der Waals surface area contributed by atoms with Gasteiger partial charge in [-0.3, -0.25) is 0 Å². The van der Waals surface area contributed by atoms with Crippen molar-refractivity contribution < 1.29 is 17.2 Å². The molecule has 2 N–H and O–H groups in total. The van der Waals surface area contributed by atoms with Gasteiger partial charge in [-0.25, -0.2) is 13.4 Å². The van der Waals surface area contributed by atoms with E-state index in [9.17, 15) is 17.2 Å². The molecule has 0 bridgehead atoms. The van der Waals surface area contributed by atoms with Crippen LogP contribution in [0.5, 0.6) is 0 Å². The molecule has 0 radical (unpaired) electrons. The third-order valence-electron chi connectivity index (χ3n) is 3.77. The lowest BCUT2D eigenvalue weighted by molar-refractivity contribution is 0.235. The van der Waals surface area contributed by atoms with Gasteiger partial charge in [0.15, 0.2) is 0 Å². The number of benzene rings is 2. The number of hydrogen-bond donors (Lipinski definition) is 2. The molecule has 0 unspecified atom stereocenters. The fourth-order valence-corrected chi connectivity index (χ4v) is 3.42. The van der Waals surface area contributed by atoms with E-state index in [0.717, 1.165) is 10.9 Å². The molecule has 1 aromatic heterocycles. The van der Waals surface area contributed by atoms with Gasteiger partial charge in [0.2, 0.25) is 9.84 Å². The van der Waals surface area contributed by atoms with Gasteiger partial charge in [-0.05, 0) is 30.3 Å². The minimum absolute atomic E-state index is 0.154. The molecule has 0 aliphatic carbocycles. The van der Waals surface area contributed by atoms with Crippen molar-refractivity contribution in [3.05, 3.63) is 60.7 Å². The Morgan fingerprint density at radius 1 is 0.885 bits per heavy atom. The molecular formula is C18H17F2N3O2S. The molecule has 3 aromatic rings. The number of nitrogens with one attached hydrogen (secondary N) is 2. The summed E-state index contributed by atoms with van der Waals surface area (Å²) < 4.78 is 49.0. The summed E-state index contributed by atoms with van der Waals surface area (Å²) in [5, 5.41) is 7.03. The number of nitrogens with zero attached hydrogens (tertiary/aromatic N) is 1. The Hall–Kier alpha value is -2.74. The summed E-state index contributed by atoms with van der Waals surface area (Å²) >= 11 is 0. The van der Waals surface area contributed by atoms with Gasteiger partial charge < -0.3 is 10.6 Å². The molecule has 0 saturated heterocycles. The van der Waals surface area contributed by atoms with Gasteiger partial charge in [0, 0.05) is 18.5 Å². The van der Waals surface area contributed by atoms with Crippen LogP contribution in [0.25, 0.3) is 10.9 Å². The second kappa shape index (κ2) is 7.65. The standard InChI is InChI=1S/C18H17F2N3O2S/c19-18(20)26(24,25)16-8-4-3-7-15(16)21-11-12-22-17-10-9-13-5-1-2-6-14(13)23-17/h1-10,18,21H,11-12H2,(H,22,23). The van der Waals surface area contributed by atoms with E-state index in [1.165, 1.54) is 18.2 Å². The molecule has 1 heterocycles. The first-order valence-corrected chi connectivity index (χ1v) is 9.48. The molecule has 0 atom stereocenters. The molecular weight excluding hydrogens is 360 g/mol. The van der Waals surface area contributed by atoms with Crippen LogP contribution in [0.3, 0.4) is 0 Å². The Morgan fingerprint density at radius 2 is 1.58 bits per heavy atom. The van der Waals surface area contributed by atoms with Gasteiger partial charge in [-0.15, -0.1) is 0 Å². The molecule has 2 aromatic carbocycles. The SMILES string of the molecule is O=S(=O)(c1ccccc1NCCNc1ccc2ccccc2n1)C(F)F. The molecule has 8 heteroatoms. The predicted molar refractivity (Wildman–Crippen MR) is 98.4 cm³/mol. The topological polar surface area (TPSA) is 71.1 Å². The largest absolute Gasteiger partial charge is 0.382 e. The van der Waals surface area contributed by atoms with Crippen LogP contribution in [0, 0.1) is 0 Å². The summed E-state index contributed by atoms with van der Waals surface area (Å²) in [5.74, 6) is -2.77. The van der Waals surface area contributed by atoms with E-state index in [2.05, 4.69) is 15.6 Å². The fourth-order valence-electron chi connectivity index (χ4n) is 2.51. The maximum atomic E-state index is 12.8. The highest BCUT2D eigenvalue weighted by Crippen LogP contribution is 2.25. The molecule has 0 aliphatic heterocycles. The fraction of sp³-hybridized carbons (Fsp3) is 0.167. The zero-order valence-electron chi connectivity index (χ0n) is 13.7. The summed E-state index contributed by atoms with van der Waals surface area (Å²) in [4.78, 5) is 4.06. The lowest BCUT2D eigenvalue weighted by atomic mass is 10.2. The number of hydrogen-bond acceptors (Lipinski definition) is 5. The van der Waals surface area contributed by atoms with Crippen LogP contribution < -0.4 is 10.6 Å². The normalized spacial score (nSPS) is 11.7. The summed E-state index contributed by atoms with van der Waals surface area (Å²) in [7, 11) is -4.65. The predicted octanol–water partition coefficient (Wildman–Crippen LogP) is 3.76. The van der Waals surface area contributed by atoms with Crippen molar-refractivity contribution in [3.8, 4) is 0 Å². The van der Waals surface area contributed by atoms with Gasteiger partial charge >= 0.3 is 5.76 Å². The minimum Gasteiger partial charge on any atom is -0.382 e. The third kappa shape index (κ3) is 3.91. The van der Waals surface area contributed by atoms with E-state index in [0.29, 0.717) is 18.9 Å². The average molecular weight is 377 g/mol. The van der Waals surface area contributed by atoms with Crippen LogP contribution in [-0.2, 0) is 9.84 Å². The van der Waals surface area contributed by atoms with Crippen LogP contribution in [0.4, 0.5) is 20.3 Å². The van der Waals surface area contributed by atoms with Crippen molar-refractivity contribution in [2.75, 3.05) is 23.7 Å². The van der Waals surface area contributed by atoms with Crippen molar-refractivity contribution in [1.82, 2.24) is 4.98 Å². The second-order valence-corrected chi connectivity index (χ2v) is 7.43. The highest BCUT2D eigenvalue weighted by atomic mass is 32.2. The van der Waals surface area contributed by atoms with E-state index in [4.69, 9.17) is 0 Å². The molecule has 0 aliphatic rings. The van der Waals surface area contributed by atoms with Crippen molar-refractivity contribution in [2.45, 2.75) is 10.7 Å². The number of halogens is 2. The van der Waals surface area contributed by atoms with Gasteiger partial charge in [-0.2, -0.15) is 8.78 Å². The summed E-state index contributed by atoms with van der Waals surface area (Å²) in [6, 6.07) is 17.1. The van der Waals surface area contributed by atoms with Crippen LogP contribution in [0.15, 0.2) is 65.6 Å². The third-order valence-corrected chi connectivity index (χ3v) is 5.21. The molecule has 0 fully saturated rings. The van der Waals surface area contributed by atoms with Crippen LogP contribution >= 0.6 is 0 Å². The van der Waals surface area contributed by atoms with Gasteiger partial charge in [0.25, 0.3) is 0 Å². The Morgan fingerprint density at radius 3 is 2.38 bits per heavy atom. The number of fused-ring (bicyclic) bond motifs is 1. The van der Waals surface area contributed by atoms with E-state index >= 15 is 0 Å². The monoisotopic (exact) mass is 377 g/mol. The van der Waals surface area contributed by atoms with Crippen molar-refractivity contribution in [3.63, 3.8) is 0 Å². The highest BCUT2D eigenvalue weighted by Gasteiger charge is 2.28. The molecule has 3 rings (SSSR count). The Bertz CT molecular complexity index is 1010. The smallest absolute Gasteiger partial charge is 0.341 e. The maximum Gasteiger partial charge on any atom is 0.341 e. The lowest BCUT2D eigenvalue weighted by Gasteiger charge is -2.13. The van der Waals surface area contributed by atoms with E-state index < -0.39 is 20.5 Å². The van der Waals surface area contributed by atoms with Crippen LogP contribution in [-0.4, -0.2) is 32.2 Å². The number of anilines is 2. The number of sulfone groups is 1. The van der Waals surface area contributed by atoms with E-state index in [1.807, 2.05) is 36.4 Å². The van der Waals surface area contributed by atoms with Crippen molar-refractivity contribution in [2.24, 2.45) is 0 Å². The Labute approximate surface area is 150 Å². The molecule has 0 amide bonds. The van der Waals surface area contributed by atoms with Crippen LogP contribution in [0.2, 0.25) is 0 Å². The first-order valence-electron chi connectivity index (χ1n) is 7.93. The first kappa shape index (κ1) is 18.1. The average Bonchev–Trinajstić information content (AvgIpc) is 2.65. The van der Waals surface area contributed by atoms with Crippen molar-refractivity contribution >= 4 is 32.2 Å². The number of para-hydroxylation sites is 2. The van der Waals surface area contributed by atoms with E-state index in [-0.39, 0.29) is 5.69 Å². The first-order chi connectivity index (χ1) is 12.5. The maximum absolute atomic E-state index is 12.8. The second-order valence-electron chi connectivity index (χ2n) is 5.54. The zero-order valence-corrected chi connectivity index (χ0v) is 14.5. The molecule has 0 saturated carbocycles. The summed E-state index contributed by atoms with van der Waals surface area (Å²) in [6.07, 6.45) is 0. The van der Waals surface area contributed by atoms with Crippen LogP contribution in [0.1, 0.15) is 0 Å². The molecule has 136 valence electrons. The van der Waals surface area contributed by atoms with Gasteiger partial charge in [0.05, 0.1) is 16.1 Å². The number of alkyl halides is 2. The van der Waals surface area contributed by atoms with Gasteiger partial charge in [-0.1, -0.05) is 30.3 Å². The summed E-state index contributed by atoms with van der Waals surface area (Å²) in [6.45, 7) is 0.776. The quantitative estimate of drug-likeness (QED) is 0.614. The minimum atomic E-state index is -4.65. The lowest BCUT2D eigenvalue weighted by Crippen LogP contribution is -2.18. The van der Waals surface area contributed by atoms with Crippen molar-refractivity contribution in [1.29, 1.82) is 0 Å². The molecule has 0 spiro atoms. The summed E-state index contributed by atoms with van der Waals surface area (Å²) in [5.41, 5.74) is 1.01. The Balaban J connectivity index is 1.63. The zero-order chi connectivity index (χ0) is 18.6. The van der Waals surface area contributed by atoms with E-state index in [1.54, 1.807) is 6.07 Å². The number of pyridine rings is 1. The van der Waals surface area contributed by atoms with Gasteiger partial charge in [0.1, 0.15) is 5.82 Å².